The van der Waals surface area contributed by atoms with Gasteiger partial charge in [0.1, 0.15) is 6.20 Å². The lowest BCUT2D eigenvalue weighted by Crippen LogP contribution is -2.32. The van der Waals surface area contributed by atoms with Gasteiger partial charge in [0, 0.05) is 6.07 Å². The minimum atomic E-state index is 0.527. The van der Waals surface area contributed by atoms with Crippen molar-refractivity contribution in [2.24, 2.45) is 0 Å². The van der Waals surface area contributed by atoms with E-state index in [4.69, 9.17) is 0 Å². The van der Waals surface area contributed by atoms with Crippen molar-refractivity contribution in [2.75, 3.05) is 0 Å². The van der Waals surface area contributed by atoms with Crippen LogP contribution in [-0.2, 0) is 6.42 Å². The zero-order valence-electron chi connectivity index (χ0n) is 7.63. The molecule has 0 atom stereocenters. The summed E-state index contributed by atoms with van der Waals surface area (Å²) >= 11 is 0. The van der Waals surface area contributed by atoms with Crippen molar-refractivity contribution in [1.82, 2.24) is 4.98 Å². The molecule has 3 nitrogen and oxygen atoms in total. The fourth-order valence-electron chi connectivity index (χ4n) is 1.29. The third-order valence-electron chi connectivity index (χ3n) is 1.99. The maximum Gasteiger partial charge on any atom is 0.305 e. The Morgan fingerprint density at radius 2 is 1.93 bits per heavy atom. The first kappa shape index (κ1) is 8.69. The highest BCUT2D eigenvalue weighted by Gasteiger charge is 2.05. The molecule has 1 aromatic heterocycles. The monoisotopic (exact) mass is 186 g/mol. The fourth-order valence-corrected chi connectivity index (χ4v) is 1.29. The summed E-state index contributed by atoms with van der Waals surface area (Å²) < 4.78 is 0.799. The summed E-state index contributed by atoms with van der Waals surface area (Å²) in [6.07, 6.45) is 3.67. The molecule has 0 unspecified atom stereocenters. The van der Waals surface area contributed by atoms with Gasteiger partial charge in [0.25, 0.3) is 0 Å². The van der Waals surface area contributed by atoms with E-state index in [0.29, 0.717) is 12.2 Å². The van der Waals surface area contributed by atoms with E-state index in [2.05, 4.69) is 4.98 Å². The molecule has 0 radical (unpaired) electrons. The van der Waals surface area contributed by atoms with Gasteiger partial charge in [-0.25, -0.2) is 4.73 Å². The Bertz CT molecular complexity index is 415. The van der Waals surface area contributed by atoms with Gasteiger partial charge in [-0.05, 0) is 5.56 Å². The molecule has 1 heterocycles. The molecule has 14 heavy (non-hydrogen) atoms. The van der Waals surface area contributed by atoms with Crippen LogP contribution in [0.1, 0.15) is 11.4 Å². The molecule has 0 aliphatic carbocycles. The summed E-state index contributed by atoms with van der Waals surface area (Å²) in [6, 6.07) is 11.4. The van der Waals surface area contributed by atoms with E-state index in [0.717, 1.165) is 10.3 Å². The highest BCUT2D eigenvalue weighted by atomic mass is 16.5. The molecule has 0 aliphatic rings. The predicted molar refractivity (Wildman–Crippen MR) is 52.4 cm³/mol. The van der Waals surface area contributed by atoms with Gasteiger partial charge < -0.3 is 5.21 Å². The van der Waals surface area contributed by atoms with Gasteiger partial charge in [0.05, 0.1) is 12.6 Å². The van der Waals surface area contributed by atoms with E-state index in [9.17, 15) is 5.21 Å². The zero-order chi connectivity index (χ0) is 9.80. The summed E-state index contributed by atoms with van der Waals surface area (Å²) in [4.78, 5) is 4.02. The molecule has 0 amide bonds. The van der Waals surface area contributed by atoms with E-state index in [1.165, 1.54) is 6.20 Å². The van der Waals surface area contributed by atoms with Crippen LogP contribution in [0.25, 0.3) is 0 Å². The second-order valence-electron chi connectivity index (χ2n) is 3.02. The lowest BCUT2D eigenvalue weighted by Gasteiger charge is -2.04. The third-order valence-corrected chi connectivity index (χ3v) is 1.99. The van der Waals surface area contributed by atoms with Crippen molar-refractivity contribution in [1.29, 1.82) is 0 Å². The van der Waals surface area contributed by atoms with Gasteiger partial charge in [0.2, 0.25) is 0 Å². The van der Waals surface area contributed by atoms with Crippen molar-refractivity contribution in [2.45, 2.75) is 6.42 Å². The molecule has 70 valence electrons. The van der Waals surface area contributed by atoms with E-state index in [-0.39, 0.29) is 0 Å². The van der Waals surface area contributed by atoms with E-state index in [1.807, 2.05) is 30.3 Å². The minimum Gasteiger partial charge on any atom is -0.711 e. The van der Waals surface area contributed by atoms with Crippen LogP contribution < -0.4 is 4.73 Å². The summed E-state index contributed by atoms with van der Waals surface area (Å²) in [5.41, 5.74) is 1.09. The third kappa shape index (κ3) is 1.88. The number of hydrogen-bond acceptors (Lipinski definition) is 2. The Hall–Kier alpha value is -1.90. The van der Waals surface area contributed by atoms with Gasteiger partial charge in [-0.3, -0.25) is 0 Å². The molecule has 0 N–H and O–H groups in total. The van der Waals surface area contributed by atoms with Gasteiger partial charge in [0.15, 0.2) is 0 Å². The van der Waals surface area contributed by atoms with Crippen LogP contribution in [0.2, 0.25) is 0 Å². The first-order chi connectivity index (χ1) is 6.86. The van der Waals surface area contributed by atoms with Crippen LogP contribution in [0, 0.1) is 5.21 Å². The predicted octanol–water partition coefficient (Wildman–Crippen LogP) is 1.31. The molecule has 0 spiro atoms. The van der Waals surface area contributed by atoms with Crippen LogP contribution >= 0.6 is 0 Å². The maximum absolute atomic E-state index is 11.3. The fraction of sp³-hybridized carbons (Fsp3) is 0.0909. The molecule has 0 saturated carbocycles. The molecule has 0 fully saturated rings. The van der Waals surface area contributed by atoms with Crippen molar-refractivity contribution in [3.05, 3.63) is 65.4 Å². The summed E-state index contributed by atoms with van der Waals surface area (Å²) in [6.45, 7) is 0. The summed E-state index contributed by atoms with van der Waals surface area (Å²) in [5.74, 6) is 0.527. The lowest BCUT2D eigenvalue weighted by molar-refractivity contribution is -0.617. The highest BCUT2D eigenvalue weighted by molar-refractivity contribution is 5.17. The lowest BCUT2D eigenvalue weighted by atomic mass is 10.1. The topological polar surface area (TPSA) is 39.8 Å². The average Bonchev–Trinajstić information content (AvgIpc) is 2.23. The standard InChI is InChI=1S/C11H10N2O/c14-13-8-4-7-12-11(13)9-10-5-2-1-3-6-10/h1-8H,9H2. The molecule has 0 saturated heterocycles. The van der Waals surface area contributed by atoms with Crippen molar-refractivity contribution >= 4 is 0 Å². The SMILES string of the molecule is [O-][n+]1cccnc1Cc1ccccc1. The summed E-state index contributed by atoms with van der Waals surface area (Å²) in [5, 5.41) is 11.3. The minimum absolute atomic E-state index is 0.527. The number of hydrogen-bond donors (Lipinski definition) is 0. The smallest absolute Gasteiger partial charge is 0.305 e. The van der Waals surface area contributed by atoms with Gasteiger partial charge in [-0.1, -0.05) is 35.3 Å². The average molecular weight is 186 g/mol. The molecule has 0 bridgehead atoms. The zero-order valence-corrected chi connectivity index (χ0v) is 7.63. The van der Waals surface area contributed by atoms with Crippen LogP contribution in [0.3, 0.4) is 0 Å². The largest absolute Gasteiger partial charge is 0.711 e. The highest BCUT2D eigenvalue weighted by Crippen LogP contribution is 2.02. The molecule has 2 rings (SSSR count). The van der Waals surface area contributed by atoms with Crippen molar-refractivity contribution in [3.8, 4) is 0 Å². The van der Waals surface area contributed by atoms with Crippen LogP contribution in [-0.4, -0.2) is 4.98 Å². The summed E-state index contributed by atoms with van der Waals surface area (Å²) in [7, 11) is 0. The normalized spacial score (nSPS) is 10.0. The molecule has 0 aliphatic heterocycles. The van der Waals surface area contributed by atoms with Crippen LogP contribution in [0.5, 0.6) is 0 Å². The quantitative estimate of drug-likeness (QED) is 0.524. The molecule has 2 aromatic rings. The van der Waals surface area contributed by atoms with Gasteiger partial charge in [-0.2, -0.15) is 0 Å². The number of benzene rings is 1. The first-order valence-electron chi connectivity index (χ1n) is 4.43. The molecule has 3 heteroatoms. The van der Waals surface area contributed by atoms with Crippen LogP contribution in [0.4, 0.5) is 0 Å². The number of rotatable bonds is 2. The Morgan fingerprint density at radius 3 is 2.64 bits per heavy atom. The van der Waals surface area contributed by atoms with E-state index < -0.39 is 0 Å². The Balaban J connectivity index is 2.24. The number of nitrogens with zero attached hydrogens (tertiary/aromatic N) is 2. The van der Waals surface area contributed by atoms with E-state index in [1.54, 1.807) is 12.3 Å². The second kappa shape index (κ2) is 3.87. The Kier molecular flexibility index (Phi) is 2.40. The van der Waals surface area contributed by atoms with E-state index >= 15 is 0 Å². The molecule has 1 aromatic carbocycles. The Labute approximate surface area is 82.3 Å². The van der Waals surface area contributed by atoms with Crippen LogP contribution in [0.15, 0.2) is 48.8 Å². The molecular formula is C11H10N2O. The van der Waals surface area contributed by atoms with Crippen molar-refractivity contribution in [3.63, 3.8) is 0 Å². The van der Waals surface area contributed by atoms with Crippen molar-refractivity contribution < 1.29 is 4.73 Å². The number of aromatic nitrogens is 2. The maximum atomic E-state index is 11.3. The Morgan fingerprint density at radius 1 is 1.14 bits per heavy atom. The first-order valence-corrected chi connectivity index (χ1v) is 4.43. The van der Waals surface area contributed by atoms with Gasteiger partial charge >= 0.3 is 5.82 Å². The second-order valence-corrected chi connectivity index (χ2v) is 3.02. The van der Waals surface area contributed by atoms with Gasteiger partial charge in [-0.15, -0.1) is 0 Å². The molecular weight excluding hydrogens is 176 g/mol.